The molecule has 0 saturated carbocycles. The van der Waals surface area contributed by atoms with Crippen molar-refractivity contribution in [2.75, 3.05) is 13.7 Å². The highest BCUT2D eigenvalue weighted by atomic mass is 16.5. The quantitative estimate of drug-likeness (QED) is 0.716. The van der Waals surface area contributed by atoms with E-state index in [0.29, 0.717) is 18.0 Å². The monoisotopic (exact) mass is 345 g/mol. The van der Waals surface area contributed by atoms with E-state index in [9.17, 15) is 14.7 Å². The minimum atomic E-state index is -0.554. The summed E-state index contributed by atoms with van der Waals surface area (Å²) in [6.07, 6.45) is 4.10. The van der Waals surface area contributed by atoms with Crippen LogP contribution in [0, 0.1) is 0 Å². The van der Waals surface area contributed by atoms with Gasteiger partial charge in [-0.3, -0.25) is 9.59 Å². The summed E-state index contributed by atoms with van der Waals surface area (Å²) in [7, 11) is 1.48. The third-order valence-corrected chi connectivity index (χ3v) is 3.76. The van der Waals surface area contributed by atoms with Crippen LogP contribution in [0.3, 0.4) is 0 Å². The molecule has 0 saturated heterocycles. The predicted octanol–water partition coefficient (Wildman–Crippen LogP) is 2.26. The van der Waals surface area contributed by atoms with Gasteiger partial charge >= 0.3 is 0 Å². The number of methoxy groups -OCH3 is 1. The molecule has 1 aromatic carbocycles. The number of aromatic hydroxyl groups is 1. The van der Waals surface area contributed by atoms with E-state index in [-0.39, 0.29) is 5.69 Å². The first kappa shape index (κ1) is 18.5. The Morgan fingerprint density at radius 3 is 2.76 bits per heavy atom. The second kappa shape index (κ2) is 8.86. The predicted molar refractivity (Wildman–Crippen MR) is 94.5 cm³/mol. The summed E-state index contributed by atoms with van der Waals surface area (Å²) in [6, 6.07) is 7.80. The molecule has 2 N–H and O–H groups in total. The summed E-state index contributed by atoms with van der Waals surface area (Å²) in [5.41, 5.74) is -0.352. The van der Waals surface area contributed by atoms with E-state index in [0.717, 1.165) is 36.4 Å². The van der Waals surface area contributed by atoms with Crippen LogP contribution in [0.4, 0.5) is 0 Å². The van der Waals surface area contributed by atoms with E-state index in [2.05, 4.69) is 17.3 Å². The molecule has 0 aliphatic heterocycles. The first-order valence-corrected chi connectivity index (χ1v) is 8.33. The van der Waals surface area contributed by atoms with Crippen molar-refractivity contribution in [2.24, 2.45) is 0 Å². The van der Waals surface area contributed by atoms with Gasteiger partial charge in [0.25, 0.3) is 11.5 Å². The molecular weight excluding hydrogens is 322 g/mol. The fraction of sp³-hybridized carbons (Fsp3) is 0.389. The third-order valence-electron chi connectivity index (χ3n) is 3.76. The topological polar surface area (TPSA) is 93.5 Å². The summed E-state index contributed by atoms with van der Waals surface area (Å²) in [4.78, 5) is 24.4. The molecule has 0 atom stereocenters. The van der Waals surface area contributed by atoms with Gasteiger partial charge in [-0.25, -0.2) is 0 Å². The number of benzene rings is 1. The van der Waals surface area contributed by atoms with E-state index in [1.54, 1.807) is 24.3 Å². The highest BCUT2D eigenvalue weighted by Crippen LogP contribution is 2.21. The van der Waals surface area contributed by atoms with Crippen LogP contribution in [0.1, 0.15) is 43.1 Å². The van der Waals surface area contributed by atoms with Gasteiger partial charge < -0.3 is 15.2 Å². The summed E-state index contributed by atoms with van der Waals surface area (Å²) >= 11 is 0. The largest absolute Gasteiger partial charge is 0.505 e. The SMILES string of the molecule is CCCCCCNC(=O)c1nn(-c2ccccc2OC)c(=O)cc1O. The molecular formula is C18H23N3O4. The van der Waals surface area contributed by atoms with Crippen molar-refractivity contribution in [3.63, 3.8) is 0 Å². The molecule has 0 aliphatic rings. The molecule has 0 spiro atoms. The average Bonchev–Trinajstić information content (AvgIpc) is 2.61. The van der Waals surface area contributed by atoms with Crippen LogP contribution in [0.2, 0.25) is 0 Å². The summed E-state index contributed by atoms with van der Waals surface area (Å²) < 4.78 is 6.27. The maximum atomic E-state index is 12.3. The molecule has 0 unspecified atom stereocenters. The van der Waals surface area contributed by atoms with E-state index < -0.39 is 17.2 Å². The van der Waals surface area contributed by atoms with Gasteiger partial charge in [-0.05, 0) is 18.6 Å². The van der Waals surface area contributed by atoms with E-state index in [1.165, 1.54) is 7.11 Å². The number of nitrogens with one attached hydrogen (secondary N) is 1. The van der Waals surface area contributed by atoms with Crippen molar-refractivity contribution < 1.29 is 14.6 Å². The summed E-state index contributed by atoms with van der Waals surface area (Å²) in [6.45, 7) is 2.61. The zero-order valence-electron chi connectivity index (χ0n) is 14.5. The molecule has 134 valence electrons. The Morgan fingerprint density at radius 1 is 1.28 bits per heavy atom. The highest BCUT2D eigenvalue weighted by Gasteiger charge is 2.17. The molecule has 1 amide bonds. The van der Waals surface area contributed by atoms with E-state index in [4.69, 9.17) is 4.74 Å². The second-order valence-corrected chi connectivity index (χ2v) is 5.62. The minimum absolute atomic E-state index is 0.194. The average molecular weight is 345 g/mol. The van der Waals surface area contributed by atoms with Crippen LogP contribution in [-0.4, -0.2) is 34.4 Å². The first-order valence-electron chi connectivity index (χ1n) is 8.33. The lowest BCUT2D eigenvalue weighted by atomic mass is 10.2. The lowest BCUT2D eigenvalue weighted by Crippen LogP contribution is -2.30. The number of hydrogen-bond donors (Lipinski definition) is 2. The Bertz CT molecular complexity index is 786. The normalized spacial score (nSPS) is 10.5. The van der Waals surface area contributed by atoms with Crippen molar-refractivity contribution in [3.05, 3.63) is 46.4 Å². The molecule has 1 heterocycles. The maximum absolute atomic E-state index is 12.3. The number of carbonyl (C=O) groups is 1. The van der Waals surface area contributed by atoms with Gasteiger partial charge in [0.15, 0.2) is 11.4 Å². The smallest absolute Gasteiger partial charge is 0.275 e. The Kier molecular flexibility index (Phi) is 6.56. The molecule has 7 nitrogen and oxygen atoms in total. The van der Waals surface area contributed by atoms with Crippen LogP contribution in [0.25, 0.3) is 5.69 Å². The van der Waals surface area contributed by atoms with Gasteiger partial charge in [0, 0.05) is 12.6 Å². The third kappa shape index (κ3) is 4.59. The van der Waals surface area contributed by atoms with Crippen LogP contribution >= 0.6 is 0 Å². The zero-order chi connectivity index (χ0) is 18.2. The van der Waals surface area contributed by atoms with Crippen LogP contribution in [0.15, 0.2) is 35.1 Å². The Hall–Kier alpha value is -2.83. The van der Waals surface area contributed by atoms with Gasteiger partial charge in [-0.1, -0.05) is 38.3 Å². The Balaban J connectivity index is 2.26. The van der Waals surface area contributed by atoms with Crippen molar-refractivity contribution in [1.82, 2.24) is 15.1 Å². The molecule has 0 fully saturated rings. The van der Waals surface area contributed by atoms with Crippen LogP contribution in [-0.2, 0) is 0 Å². The number of rotatable bonds is 8. The van der Waals surface area contributed by atoms with E-state index in [1.807, 2.05) is 0 Å². The lowest BCUT2D eigenvalue weighted by Gasteiger charge is -2.12. The van der Waals surface area contributed by atoms with Gasteiger partial charge in [0.1, 0.15) is 11.4 Å². The zero-order valence-corrected chi connectivity index (χ0v) is 14.5. The highest BCUT2D eigenvalue weighted by molar-refractivity contribution is 5.94. The van der Waals surface area contributed by atoms with Crippen molar-refractivity contribution in [3.8, 4) is 17.2 Å². The Morgan fingerprint density at radius 2 is 2.04 bits per heavy atom. The molecule has 25 heavy (non-hydrogen) atoms. The number of hydrogen-bond acceptors (Lipinski definition) is 5. The molecule has 2 rings (SSSR count). The van der Waals surface area contributed by atoms with Gasteiger partial charge in [0.2, 0.25) is 0 Å². The number of amides is 1. The second-order valence-electron chi connectivity index (χ2n) is 5.62. The van der Waals surface area contributed by atoms with Crippen molar-refractivity contribution >= 4 is 5.91 Å². The van der Waals surface area contributed by atoms with Crippen LogP contribution < -0.4 is 15.6 Å². The number of aromatic nitrogens is 2. The van der Waals surface area contributed by atoms with Gasteiger partial charge in [-0.15, -0.1) is 0 Å². The van der Waals surface area contributed by atoms with Gasteiger partial charge in [-0.2, -0.15) is 9.78 Å². The molecule has 0 aliphatic carbocycles. The minimum Gasteiger partial charge on any atom is -0.505 e. The number of nitrogens with zero attached hydrogens (tertiary/aromatic N) is 2. The van der Waals surface area contributed by atoms with Crippen molar-refractivity contribution in [1.29, 1.82) is 0 Å². The fourth-order valence-corrected chi connectivity index (χ4v) is 2.42. The molecule has 2 aromatic rings. The standard InChI is InChI=1S/C18H23N3O4/c1-3-4-5-8-11-19-18(24)17-14(22)12-16(23)21(20-17)13-9-6-7-10-15(13)25-2/h6-7,9-10,12,22H,3-5,8,11H2,1-2H3,(H,19,24). The summed E-state index contributed by atoms with van der Waals surface area (Å²) in [5.74, 6) is -0.520. The Labute approximate surface area is 146 Å². The molecule has 7 heteroatoms. The number of unbranched alkanes of at least 4 members (excludes halogenated alkanes) is 3. The van der Waals surface area contributed by atoms with E-state index >= 15 is 0 Å². The fourth-order valence-electron chi connectivity index (χ4n) is 2.42. The molecule has 1 aromatic heterocycles. The number of para-hydroxylation sites is 2. The molecule has 0 bridgehead atoms. The number of ether oxygens (including phenoxy) is 1. The van der Waals surface area contributed by atoms with Crippen molar-refractivity contribution in [2.45, 2.75) is 32.6 Å². The van der Waals surface area contributed by atoms with Crippen LogP contribution in [0.5, 0.6) is 11.5 Å². The maximum Gasteiger partial charge on any atom is 0.275 e. The number of carbonyl (C=O) groups excluding carboxylic acids is 1. The first-order chi connectivity index (χ1) is 12.1. The lowest BCUT2D eigenvalue weighted by molar-refractivity contribution is 0.0943. The molecule has 0 radical (unpaired) electrons. The summed E-state index contributed by atoms with van der Waals surface area (Å²) in [5, 5.41) is 16.7. The van der Waals surface area contributed by atoms with Gasteiger partial charge in [0.05, 0.1) is 7.11 Å².